The highest BCUT2D eigenvalue weighted by atomic mass is 16.2. The fourth-order valence-corrected chi connectivity index (χ4v) is 5.52. The third-order valence-electron chi connectivity index (χ3n) is 7.42. The topological polar surface area (TPSA) is 73.4 Å². The monoisotopic (exact) mass is 484 g/mol. The van der Waals surface area contributed by atoms with E-state index in [4.69, 9.17) is 4.98 Å². The zero-order valence-corrected chi connectivity index (χ0v) is 21.7. The number of nitrogens with zero attached hydrogens (tertiary/aromatic N) is 4. The number of likely N-dealkylation sites (N-methyl/N-ethyl adjacent to an activating group) is 1. The Bertz CT molecular complexity index is 1240. The summed E-state index contributed by atoms with van der Waals surface area (Å²) in [6, 6.07) is 16.4. The van der Waals surface area contributed by atoms with Gasteiger partial charge < -0.3 is 20.4 Å². The first-order chi connectivity index (χ1) is 17.4. The van der Waals surface area contributed by atoms with Gasteiger partial charge in [-0.2, -0.15) is 0 Å². The van der Waals surface area contributed by atoms with E-state index in [9.17, 15) is 4.79 Å². The van der Waals surface area contributed by atoms with Crippen molar-refractivity contribution in [1.29, 1.82) is 0 Å². The Morgan fingerprint density at radius 1 is 1.03 bits per heavy atom. The summed E-state index contributed by atoms with van der Waals surface area (Å²) in [4.78, 5) is 25.9. The lowest BCUT2D eigenvalue weighted by atomic mass is 10.0. The highest BCUT2D eigenvalue weighted by Crippen LogP contribution is 2.39. The standard InChI is InChI=1S/C29H36N6O/c1-19(2)35-20(3)28(36)34(4)26-13-12-24(17-27(26)35)32-29-30-15-14-25(33-29)22-10-7-11-23(16-22)31-18-21-8-5-6-9-21/h7,10-17,19-21,31H,5-6,8-9,18H2,1-4H3,(H,30,32,33). The molecule has 7 nitrogen and oxygen atoms in total. The molecule has 7 heteroatoms. The summed E-state index contributed by atoms with van der Waals surface area (Å²) in [7, 11) is 1.84. The Kier molecular flexibility index (Phi) is 6.81. The summed E-state index contributed by atoms with van der Waals surface area (Å²) >= 11 is 0. The van der Waals surface area contributed by atoms with Crippen molar-refractivity contribution in [2.75, 3.05) is 34.0 Å². The van der Waals surface area contributed by atoms with E-state index >= 15 is 0 Å². The van der Waals surface area contributed by atoms with Crippen molar-refractivity contribution < 1.29 is 4.79 Å². The number of aromatic nitrogens is 2. The highest BCUT2D eigenvalue weighted by molar-refractivity contribution is 6.05. The van der Waals surface area contributed by atoms with E-state index in [0.717, 1.165) is 46.5 Å². The van der Waals surface area contributed by atoms with Crippen LogP contribution in [-0.4, -0.2) is 41.6 Å². The maximum atomic E-state index is 12.7. The molecule has 0 bridgehead atoms. The maximum Gasteiger partial charge on any atom is 0.249 e. The Morgan fingerprint density at radius 2 is 1.83 bits per heavy atom. The van der Waals surface area contributed by atoms with Crippen LogP contribution in [0.3, 0.4) is 0 Å². The molecule has 1 aliphatic carbocycles. The van der Waals surface area contributed by atoms with Crippen molar-refractivity contribution in [3.63, 3.8) is 0 Å². The molecule has 2 heterocycles. The van der Waals surface area contributed by atoms with Gasteiger partial charge in [0.1, 0.15) is 6.04 Å². The Morgan fingerprint density at radius 3 is 2.61 bits per heavy atom. The molecule has 2 aromatic carbocycles. The molecule has 188 valence electrons. The molecule has 0 radical (unpaired) electrons. The minimum Gasteiger partial charge on any atom is -0.385 e. The molecule has 0 spiro atoms. The van der Waals surface area contributed by atoms with Gasteiger partial charge in [0.15, 0.2) is 0 Å². The number of benzene rings is 2. The molecule has 3 aromatic rings. The van der Waals surface area contributed by atoms with Crippen LogP contribution in [0.4, 0.5) is 28.7 Å². The van der Waals surface area contributed by atoms with Crippen LogP contribution in [0, 0.1) is 5.92 Å². The van der Waals surface area contributed by atoms with Gasteiger partial charge in [-0.05, 0) is 75.9 Å². The van der Waals surface area contributed by atoms with Gasteiger partial charge in [-0.25, -0.2) is 9.97 Å². The Hall–Kier alpha value is -3.61. The fraction of sp³-hybridized carbons (Fsp3) is 0.414. The second-order valence-corrected chi connectivity index (χ2v) is 10.3. The van der Waals surface area contributed by atoms with E-state index in [-0.39, 0.29) is 18.0 Å². The molecular formula is C29H36N6O. The predicted molar refractivity (Wildman–Crippen MR) is 148 cm³/mol. The third kappa shape index (κ3) is 4.87. The predicted octanol–water partition coefficient (Wildman–Crippen LogP) is 6.07. The van der Waals surface area contributed by atoms with Crippen molar-refractivity contribution in [1.82, 2.24) is 9.97 Å². The molecule has 1 saturated carbocycles. The van der Waals surface area contributed by atoms with Gasteiger partial charge in [0.2, 0.25) is 11.9 Å². The summed E-state index contributed by atoms with van der Waals surface area (Å²) in [5.74, 6) is 1.43. The SMILES string of the molecule is CC(C)N1c2cc(Nc3nccc(-c4cccc(NCC5CCCC5)c4)n3)ccc2N(C)C(=O)C1C. The maximum absolute atomic E-state index is 12.7. The number of carbonyl (C=O) groups is 1. The van der Waals surface area contributed by atoms with Crippen LogP contribution in [0.25, 0.3) is 11.3 Å². The van der Waals surface area contributed by atoms with Crippen LogP contribution in [0.1, 0.15) is 46.5 Å². The quantitative estimate of drug-likeness (QED) is 0.424. The van der Waals surface area contributed by atoms with E-state index in [1.165, 1.54) is 25.7 Å². The van der Waals surface area contributed by atoms with E-state index in [2.05, 4.69) is 64.7 Å². The number of amides is 1. The summed E-state index contributed by atoms with van der Waals surface area (Å²) < 4.78 is 0. The lowest BCUT2D eigenvalue weighted by Gasteiger charge is -2.42. The molecule has 2 aliphatic rings. The zero-order valence-electron chi connectivity index (χ0n) is 21.7. The lowest BCUT2D eigenvalue weighted by Crippen LogP contribution is -2.53. The van der Waals surface area contributed by atoms with E-state index in [1.54, 1.807) is 11.1 Å². The molecule has 1 amide bonds. The van der Waals surface area contributed by atoms with Crippen LogP contribution < -0.4 is 20.4 Å². The van der Waals surface area contributed by atoms with Crippen molar-refractivity contribution in [2.45, 2.75) is 58.5 Å². The minimum absolute atomic E-state index is 0.105. The summed E-state index contributed by atoms with van der Waals surface area (Å²) in [6.45, 7) is 7.22. The van der Waals surface area contributed by atoms with Gasteiger partial charge in [-0.15, -0.1) is 0 Å². The Labute approximate surface area is 213 Å². The third-order valence-corrected chi connectivity index (χ3v) is 7.42. The number of hydrogen-bond acceptors (Lipinski definition) is 6. The average molecular weight is 485 g/mol. The molecule has 1 aromatic heterocycles. The van der Waals surface area contributed by atoms with Crippen LogP contribution in [0.15, 0.2) is 54.7 Å². The average Bonchev–Trinajstić information content (AvgIpc) is 3.40. The van der Waals surface area contributed by atoms with Gasteiger partial charge >= 0.3 is 0 Å². The Balaban J connectivity index is 1.36. The van der Waals surface area contributed by atoms with Gasteiger partial charge in [0.05, 0.1) is 17.1 Å². The number of anilines is 5. The van der Waals surface area contributed by atoms with Gasteiger partial charge in [-0.1, -0.05) is 25.0 Å². The second kappa shape index (κ2) is 10.2. The van der Waals surface area contributed by atoms with Gasteiger partial charge in [0, 0.05) is 42.8 Å². The van der Waals surface area contributed by atoms with Crippen molar-refractivity contribution in [2.24, 2.45) is 5.92 Å². The van der Waals surface area contributed by atoms with Crippen LogP contribution in [-0.2, 0) is 4.79 Å². The highest BCUT2D eigenvalue weighted by Gasteiger charge is 2.35. The van der Waals surface area contributed by atoms with Gasteiger partial charge in [0.25, 0.3) is 0 Å². The normalized spacial score (nSPS) is 18.0. The van der Waals surface area contributed by atoms with E-state index < -0.39 is 0 Å². The molecule has 36 heavy (non-hydrogen) atoms. The summed E-state index contributed by atoms with van der Waals surface area (Å²) in [5.41, 5.74) is 5.89. The van der Waals surface area contributed by atoms with E-state index in [1.807, 2.05) is 32.2 Å². The zero-order chi connectivity index (χ0) is 25.2. The molecule has 0 saturated heterocycles. The number of nitrogens with one attached hydrogen (secondary N) is 2. The largest absolute Gasteiger partial charge is 0.385 e. The number of fused-ring (bicyclic) bond motifs is 1. The van der Waals surface area contributed by atoms with Crippen LogP contribution in [0.5, 0.6) is 0 Å². The van der Waals surface area contributed by atoms with Gasteiger partial charge in [-0.3, -0.25) is 4.79 Å². The number of carbonyl (C=O) groups excluding carboxylic acids is 1. The van der Waals surface area contributed by atoms with Crippen LogP contribution >= 0.6 is 0 Å². The molecule has 1 aliphatic heterocycles. The second-order valence-electron chi connectivity index (χ2n) is 10.3. The molecule has 5 rings (SSSR count). The van der Waals surface area contributed by atoms with Crippen molar-refractivity contribution in [3.05, 3.63) is 54.7 Å². The molecule has 1 fully saturated rings. The smallest absolute Gasteiger partial charge is 0.249 e. The minimum atomic E-state index is -0.216. The first-order valence-corrected chi connectivity index (χ1v) is 13.0. The number of hydrogen-bond donors (Lipinski definition) is 2. The molecule has 1 atom stereocenters. The van der Waals surface area contributed by atoms with Crippen molar-refractivity contribution >= 4 is 34.6 Å². The fourth-order valence-electron chi connectivity index (χ4n) is 5.52. The molecular weight excluding hydrogens is 448 g/mol. The van der Waals surface area contributed by atoms with Crippen molar-refractivity contribution in [3.8, 4) is 11.3 Å². The molecule has 2 N–H and O–H groups in total. The van der Waals surface area contributed by atoms with Crippen LogP contribution in [0.2, 0.25) is 0 Å². The lowest BCUT2D eigenvalue weighted by molar-refractivity contribution is -0.119. The molecule has 1 unspecified atom stereocenters. The first-order valence-electron chi connectivity index (χ1n) is 13.0. The first kappa shape index (κ1) is 24.1. The summed E-state index contributed by atoms with van der Waals surface area (Å²) in [6.07, 6.45) is 7.16. The van der Waals surface area contributed by atoms with E-state index in [0.29, 0.717) is 5.95 Å². The summed E-state index contributed by atoms with van der Waals surface area (Å²) in [5, 5.41) is 6.99. The number of rotatable bonds is 7.